The predicted molar refractivity (Wildman–Crippen MR) is 62.5 cm³/mol. The Labute approximate surface area is 93.0 Å². The molecule has 0 spiro atoms. The number of hydrogen-bond acceptors (Lipinski definition) is 4. The maximum atomic E-state index is 5.95. The minimum Gasteiger partial charge on any atom is -0.353 e. The minimum absolute atomic E-state index is 0.685. The Balaban J connectivity index is 1.96. The van der Waals surface area contributed by atoms with Crippen molar-refractivity contribution in [1.29, 1.82) is 0 Å². The van der Waals surface area contributed by atoms with Crippen LogP contribution in [0.2, 0.25) is 5.02 Å². The second-order valence-corrected chi connectivity index (χ2v) is 3.46. The Morgan fingerprint density at radius 2 is 2.33 bits per heavy atom. The van der Waals surface area contributed by atoms with Crippen molar-refractivity contribution in [3.8, 4) is 0 Å². The van der Waals surface area contributed by atoms with Gasteiger partial charge in [0.15, 0.2) is 0 Å². The molecule has 1 aromatic carbocycles. The quantitative estimate of drug-likeness (QED) is 0.584. The number of halogens is 1. The van der Waals surface area contributed by atoms with Crippen molar-refractivity contribution < 1.29 is 0 Å². The lowest BCUT2D eigenvalue weighted by atomic mass is 10.2. The molecular weight excluding hydrogens is 212 g/mol. The number of benzene rings is 1. The van der Waals surface area contributed by atoms with Crippen molar-refractivity contribution in [1.82, 2.24) is 10.7 Å². The van der Waals surface area contributed by atoms with Gasteiger partial charge in [0, 0.05) is 17.1 Å². The van der Waals surface area contributed by atoms with E-state index in [2.05, 4.69) is 20.8 Å². The molecule has 0 aliphatic carbocycles. The number of nitrogens with one attached hydrogen (secondary N) is 2. The van der Waals surface area contributed by atoms with Gasteiger partial charge in [-0.25, -0.2) is 10.4 Å². The highest BCUT2D eigenvalue weighted by Gasteiger charge is 2.01. The van der Waals surface area contributed by atoms with Gasteiger partial charge in [0.2, 0.25) is 5.96 Å². The summed E-state index contributed by atoms with van der Waals surface area (Å²) in [4.78, 5) is 4.14. The highest BCUT2D eigenvalue weighted by Crippen LogP contribution is 2.11. The molecule has 0 atom stereocenters. The second-order valence-electron chi connectivity index (χ2n) is 3.05. The summed E-state index contributed by atoms with van der Waals surface area (Å²) >= 11 is 5.95. The number of hydrazone groups is 1. The van der Waals surface area contributed by atoms with Crippen molar-refractivity contribution in [3.63, 3.8) is 0 Å². The van der Waals surface area contributed by atoms with Gasteiger partial charge >= 0.3 is 0 Å². The van der Waals surface area contributed by atoms with E-state index in [0.29, 0.717) is 11.0 Å². The third-order valence-electron chi connectivity index (χ3n) is 1.95. The lowest BCUT2D eigenvalue weighted by Gasteiger charge is -1.99. The lowest BCUT2D eigenvalue weighted by Crippen LogP contribution is -2.30. The molecule has 0 aromatic heterocycles. The van der Waals surface area contributed by atoms with E-state index in [1.807, 2.05) is 24.3 Å². The molecule has 4 nitrogen and oxygen atoms in total. The first-order valence-corrected chi connectivity index (χ1v) is 5.06. The van der Waals surface area contributed by atoms with E-state index in [1.165, 1.54) is 0 Å². The molecule has 0 fully saturated rings. The minimum atomic E-state index is 0.685. The van der Waals surface area contributed by atoms with Gasteiger partial charge in [-0.1, -0.05) is 29.8 Å². The average molecular weight is 223 g/mol. The smallest absolute Gasteiger partial charge is 0.212 e. The molecule has 1 aliphatic rings. The van der Waals surface area contributed by atoms with Crippen LogP contribution < -0.4 is 10.7 Å². The van der Waals surface area contributed by atoms with E-state index in [0.717, 1.165) is 18.7 Å². The molecule has 1 heterocycles. The van der Waals surface area contributed by atoms with Gasteiger partial charge in [-0.2, -0.15) is 5.10 Å². The Morgan fingerprint density at radius 1 is 1.47 bits per heavy atom. The van der Waals surface area contributed by atoms with Crippen LogP contribution in [0.1, 0.15) is 5.56 Å². The summed E-state index contributed by atoms with van der Waals surface area (Å²) in [5, 5.41) is 7.77. The van der Waals surface area contributed by atoms with E-state index in [9.17, 15) is 0 Å². The summed E-state index contributed by atoms with van der Waals surface area (Å²) in [5.41, 5.74) is 3.69. The summed E-state index contributed by atoms with van der Waals surface area (Å²) in [7, 11) is 0. The van der Waals surface area contributed by atoms with E-state index in [-0.39, 0.29) is 0 Å². The number of rotatable bonds is 2. The maximum Gasteiger partial charge on any atom is 0.212 e. The highest BCUT2D eigenvalue weighted by molar-refractivity contribution is 6.33. The van der Waals surface area contributed by atoms with Crippen LogP contribution >= 0.6 is 11.6 Å². The van der Waals surface area contributed by atoms with Crippen LogP contribution in [0.4, 0.5) is 0 Å². The summed E-state index contributed by atoms with van der Waals surface area (Å²) in [5.74, 6) is 0.707. The molecular formula is C10H11ClN4. The zero-order valence-corrected chi connectivity index (χ0v) is 8.83. The molecule has 15 heavy (non-hydrogen) atoms. The van der Waals surface area contributed by atoms with E-state index >= 15 is 0 Å². The molecule has 1 aromatic rings. The summed E-state index contributed by atoms with van der Waals surface area (Å²) in [6.07, 6.45) is 1.67. The maximum absolute atomic E-state index is 5.95. The Hall–Kier alpha value is -1.55. The normalized spacial score (nSPS) is 15.1. The van der Waals surface area contributed by atoms with Crippen LogP contribution in [0.3, 0.4) is 0 Å². The van der Waals surface area contributed by atoms with Gasteiger partial charge in [0.05, 0.1) is 12.8 Å². The number of guanidine groups is 1. The molecule has 0 saturated heterocycles. The van der Waals surface area contributed by atoms with Crippen LogP contribution in [-0.4, -0.2) is 25.3 Å². The van der Waals surface area contributed by atoms with Crippen molar-refractivity contribution in [3.05, 3.63) is 34.9 Å². The number of aliphatic imine (C=N–C) groups is 1. The zero-order valence-electron chi connectivity index (χ0n) is 8.07. The Morgan fingerprint density at radius 3 is 3.07 bits per heavy atom. The molecule has 78 valence electrons. The van der Waals surface area contributed by atoms with E-state index in [1.54, 1.807) is 6.21 Å². The van der Waals surface area contributed by atoms with Crippen molar-refractivity contribution in [2.45, 2.75) is 0 Å². The van der Waals surface area contributed by atoms with Gasteiger partial charge < -0.3 is 5.32 Å². The largest absolute Gasteiger partial charge is 0.353 e. The fourth-order valence-electron chi connectivity index (χ4n) is 1.22. The van der Waals surface area contributed by atoms with Crippen LogP contribution in [0.25, 0.3) is 0 Å². The van der Waals surface area contributed by atoms with Crippen LogP contribution in [0.5, 0.6) is 0 Å². The molecule has 5 heteroatoms. The molecule has 2 rings (SSSR count). The van der Waals surface area contributed by atoms with E-state index in [4.69, 9.17) is 11.6 Å². The zero-order chi connectivity index (χ0) is 10.5. The van der Waals surface area contributed by atoms with Gasteiger partial charge in [0.1, 0.15) is 0 Å². The number of hydrogen-bond donors (Lipinski definition) is 2. The summed E-state index contributed by atoms with van der Waals surface area (Å²) in [6.45, 7) is 1.66. The lowest BCUT2D eigenvalue weighted by molar-refractivity contribution is 0.920. The third kappa shape index (κ3) is 2.70. The first-order valence-electron chi connectivity index (χ1n) is 4.68. The van der Waals surface area contributed by atoms with Gasteiger partial charge in [-0.3, -0.25) is 0 Å². The molecule has 0 unspecified atom stereocenters. The van der Waals surface area contributed by atoms with Crippen LogP contribution in [0.15, 0.2) is 34.4 Å². The monoisotopic (exact) mass is 222 g/mol. The van der Waals surface area contributed by atoms with Gasteiger partial charge in [0.25, 0.3) is 0 Å². The third-order valence-corrected chi connectivity index (χ3v) is 2.30. The highest BCUT2D eigenvalue weighted by atomic mass is 35.5. The summed E-state index contributed by atoms with van der Waals surface area (Å²) in [6, 6.07) is 7.53. The first-order chi connectivity index (χ1) is 7.36. The standard InChI is InChI=1S/C10H11ClN4/c11-9-4-2-1-3-8(9)7-14-15-10-12-5-6-13-10/h1-4,7H,5-6H2,(H2,12,13,15)/b14-7+. The molecule has 2 N–H and O–H groups in total. The Bertz CT molecular complexity index is 400. The van der Waals surface area contributed by atoms with Gasteiger partial charge in [-0.05, 0) is 6.07 Å². The van der Waals surface area contributed by atoms with Crippen LogP contribution in [-0.2, 0) is 0 Å². The molecule has 0 amide bonds. The van der Waals surface area contributed by atoms with Crippen molar-refractivity contribution >= 4 is 23.8 Å². The fraction of sp³-hybridized carbons (Fsp3) is 0.200. The first kappa shape index (κ1) is 9.98. The second kappa shape index (κ2) is 4.79. The van der Waals surface area contributed by atoms with E-state index < -0.39 is 0 Å². The summed E-state index contributed by atoms with van der Waals surface area (Å²) < 4.78 is 0. The van der Waals surface area contributed by atoms with Crippen molar-refractivity contribution in [2.75, 3.05) is 13.1 Å². The Kier molecular flexibility index (Phi) is 3.19. The molecule has 0 radical (unpaired) electrons. The molecule has 0 saturated carbocycles. The van der Waals surface area contributed by atoms with Gasteiger partial charge in [-0.15, -0.1) is 0 Å². The number of nitrogens with zero attached hydrogens (tertiary/aromatic N) is 2. The topological polar surface area (TPSA) is 48.8 Å². The SMILES string of the molecule is Clc1ccccc1/C=N/NC1=NCCN1. The average Bonchev–Trinajstić information content (AvgIpc) is 2.74. The molecule has 1 aliphatic heterocycles. The fourth-order valence-corrected chi connectivity index (χ4v) is 1.40. The predicted octanol–water partition coefficient (Wildman–Crippen LogP) is 1.22. The molecule has 0 bridgehead atoms. The van der Waals surface area contributed by atoms with Crippen molar-refractivity contribution in [2.24, 2.45) is 10.1 Å². The van der Waals surface area contributed by atoms with Crippen LogP contribution in [0, 0.1) is 0 Å².